The first-order valence-electron chi connectivity index (χ1n) is 4.03. The Bertz CT molecular complexity index is 57.7. The highest BCUT2D eigenvalue weighted by Crippen LogP contribution is 1.89. The second-order valence-corrected chi connectivity index (χ2v) is 2.23. The molecule has 1 heteroatoms. The van der Waals surface area contributed by atoms with E-state index in [0.717, 1.165) is 6.42 Å². The molecular formula is C9H21N. The average molecular weight is 143 g/mol. The molecule has 62 valence electrons. The molecule has 0 aromatic carbocycles. The minimum atomic E-state index is 1.14. The highest BCUT2D eigenvalue weighted by molar-refractivity contribution is 4.65. The van der Waals surface area contributed by atoms with E-state index < -0.39 is 0 Å². The van der Waals surface area contributed by atoms with Gasteiger partial charge < -0.3 is 4.90 Å². The molecule has 0 spiro atoms. The Morgan fingerprint density at radius 2 is 1.80 bits per heavy atom. The molecule has 0 aromatic rings. The van der Waals surface area contributed by atoms with E-state index in [1.807, 2.05) is 19.9 Å². The van der Waals surface area contributed by atoms with Crippen LogP contribution in [0.5, 0.6) is 0 Å². The first kappa shape index (κ1) is 12.4. The van der Waals surface area contributed by atoms with Crippen molar-refractivity contribution in [1.82, 2.24) is 4.90 Å². The molecule has 0 radical (unpaired) electrons. The maximum atomic E-state index is 3.64. The van der Waals surface area contributed by atoms with Crippen LogP contribution in [0, 0.1) is 0 Å². The molecule has 0 aliphatic carbocycles. The maximum Gasteiger partial charge on any atom is -0.00219 e. The number of nitrogens with zero attached hydrogens (tertiary/aromatic N) is 1. The summed E-state index contributed by atoms with van der Waals surface area (Å²) in [6, 6.07) is 0. The number of allylic oxidation sites excluding steroid dienone is 1. The molecule has 0 atom stereocenters. The third-order valence-corrected chi connectivity index (χ3v) is 1.01. The van der Waals surface area contributed by atoms with E-state index >= 15 is 0 Å². The molecule has 0 heterocycles. The van der Waals surface area contributed by atoms with Gasteiger partial charge in [0.2, 0.25) is 0 Å². The van der Waals surface area contributed by atoms with Gasteiger partial charge in [0.25, 0.3) is 0 Å². The lowest BCUT2D eigenvalue weighted by molar-refractivity contribution is 0.402. The zero-order valence-corrected chi connectivity index (χ0v) is 7.85. The fourth-order valence-electron chi connectivity index (χ4n) is 0.552. The van der Waals surface area contributed by atoms with Crippen LogP contribution in [0.1, 0.15) is 26.7 Å². The van der Waals surface area contributed by atoms with Crippen LogP contribution >= 0.6 is 0 Å². The molecule has 0 saturated carbocycles. The average Bonchev–Trinajstić information content (AvgIpc) is 1.92. The third kappa shape index (κ3) is 15.6. The van der Waals surface area contributed by atoms with Gasteiger partial charge in [-0.3, -0.25) is 0 Å². The lowest BCUT2D eigenvalue weighted by Crippen LogP contribution is -2.12. The molecule has 0 rings (SSSR count). The Morgan fingerprint density at radius 1 is 1.30 bits per heavy atom. The van der Waals surface area contributed by atoms with Gasteiger partial charge in [0.05, 0.1) is 0 Å². The molecule has 0 unspecified atom stereocenters. The molecule has 0 fully saturated rings. The van der Waals surface area contributed by atoms with Crippen molar-refractivity contribution < 1.29 is 0 Å². The zero-order chi connectivity index (χ0) is 8.41. The highest BCUT2D eigenvalue weighted by Gasteiger charge is 1.85. The van der Waals surface area contributed by atoms with Crippen LogP contribution in [-0.4, -0.2) is 25.5 Å². The van der Waals surface area contributed by atoms with Crippen LogP contribution in [-0.2, 0) is 0 Å². The van der Waals surface area contributed by atoms with Gasteiger partial charge in [-0.25, -0.2) is 0 Å². The highest BCUT2D eigenvalue weighted by atomic mass is 15.0. The Morgan fingerprint density at radius 3 is 2.10 bits per heavy atom. The predicted molar refractivity (Wildman–Crippen MR) is 49.3 cm³/mol. The van der Waals surface area contributed by atoms with E-state index in [4.69, 9.17) is 0 Å². The summed E-state index contributed by atoms with van der Waals surface area (Å²) < 4.78 is 0. The quantitative estimate of drug-likeness (QED) is 0.432. The van der Waals surface area contributed by atoms with E-state index in [1.165, 1.54) is 13.0 Å². The monoisotopic (exact) mass is 143 g/mol. The Kier molecular flexibility index (Phi) is 14.2. The largest absolute Gasteiger partial charge is 0.309 e. The van der Waals surface area contributed by atoms with Crippen LogP contribution in [0.2, 0.25) is 0 Å². The number of unbranched alkanes of at least 4 members (excludes halogenated alkanes) is 1. The first-order chi connectivity index (χ1) is 4.77. The molecule has 0 N–H and O–H groups in total. The van der Waals surface area contributed by atoms with Crippen molar-refractivity contribution in [2.75, 3.05) is 20.6 Å². The van der Waals surface area contributed by atoms with E-state index in [9.17, 15) is 0 Å². The Labute approximate surface area is 65.7 Å². The summed E-state index contributed by atoms with van der Waals surface area (Å²) in [6.45, 7) is 8.81. The van der Waals surface area contributed by atoms with Crippen molar-refractivity contribution in [2.24, 2.45) is 0 Å². The van der Waals surface area contributed by atoms with Crippen molar-refractivity contribution >= 4 is 0 Å². The van der Waals surface area contributed by atoms with E-state index in [1.54, 1.807) is 0 Å². The number of hydrogen-bond acceptors (Lipinski definition) is 1. The van der Waals surface area contributed by atoms with Gasteiger partial charge in [-0.2, -0.15) is 0 Å². The van der Waals surface area contributed by atoms with Gasteiger partial charge in [0.1, 0.15) is 0 Å². The second kappa shape index (κ2) is 11.5. The van der Waals surface area contributed by atoms with Crippen molar-refractivity contribution in [2.45, 2.75) is 26.7 Å². The summed E-state index contributed by atoms with van der Waals surface area (Å²) in [5, 5.41) is 0. The topological polar surface area (TPSA) is 3.24 Å². The standard InChI is InChI=1S/C7H15N.C2H6/c1-4-5-6-7-8(2)3;1-2/h4H,1,5-7H2,2-3H3;1-2H3. The summed E-state index contributed by atoms with van der Waals surface area (Å²) in [5.41, 5.74) is 0. The van der Waals surface area contributed by atoms with Gasteiger partial charge in [0.15, 0.2) is 0 Å². The molecule has 1 nitrogen and oxygen atoms in total. The van der Waals surface area contributed by atoms with Crippen LogP contribution in [0.25, 0.3) is 0 Å². The van der Waals surface area contributed by atoms with E-state index in [-0.39, 0.29) is 0 Å². The molecule has 0 amide bonds. The summed E-state index contributed by atoms with van der Waals surface area (Å²) in [4.78, 5) is 2.18. The summed E-state index contributed by atoms with van der Waals surface area (Å²) in [5.74, 6) is 0. The maximum absolute atomic E-state index is 3.64. The third-order valence-electron chi connectivity index (χ3n) is 1.01. The Hall–Kier alpha value is -0.300. The predicted octanol–water partition coefficient (Wildman–Crippen LogP) is 2.54. The fourth-order valence-corrected chi connectivity index (χ4v) is 0.552. The minimum absolute atomic E-state index is 1.14. The van der Waals surface area contributed by atoms with Crippen LogP contribution in [0.15, 0.2) is 12.7 Å². The van der Waals surface area contributed by atoms with E-state index in [0.29, 0.717) is 0 Å². The summed E-state index contributed by atoms with van der Waals surface area (Å²) in [7, 11) is 4.17. The SMILES string of the molecule is C=CCCCN(C)C.CC. The number of hydrogen-bond donors (Lipinski definition) is 0. The van der Waals surface area contributed by atoms with Crippen molar-refractivity contribution in [3.63, 3.8) is 0 Å². The van der Waals surface area contributed by atoms with Gasteiger partial charge in [0, 0.05) is 0 Å². The lowest BCUT2D eigenvalue weighted by atomic mass is 10.3. The fraction of sp³-hybridized carbons (Fsp3) is 0.778. The van der Waals surface area contributed by atoms with E-state index in [2.05, 4.69) is 25.6 Å². The first-order valence-corrected chi connectivity index (χ1v) is 4.03. The molecule has 0 saturated heterocycles. The van der Waals surface area contributed by atoms with Crippen LogP contribution in [0.4, 0.5) is 0 Å². The van der Waals surface area contributed by atoms with Crippen molar-refractivity contribution in [1.29, 1.82) is 0 Å². The molecular weight excluding hydrogens is 122 g/mol. The smallest absolute Gasteiger partial charge is 0.00219 e. The lowest BCUT2D eigenvalue weighted by Gasteiger charge is -2.06. The molecule has 0 aliphatic rings. The van der Waals surface area contributed by atoms with Crippen molar-refractivity contribution in [3.05, 3.63) is 12.7 Å². The minimum Gasteiger partial charge on any atom is -0.309 e. The number of rotatable bonds is 4. The zero-order valence-electron chi connectivity index (χ0n) is 7.85. The Balaban J connectivity index is 0. The second-order valence-electron chi connectivity index (χ2n) is 2.23. The van der Waals surface area contributed by atoms with Gasteiger partial charge in [-0.15, -0.1) is 6.58 Å². The molecule has 0 bridgehead atoms. The molecule has 0 aliphatic heterocycles. The van der Waals surface area contributed by atoms with Gasteiger partial charge >= 0.3 is 0 Å². The molecule has 10 heavy (non-hydrogen) atoms. The summed E-state index contributed by atoms with van der Waals surface area (Å²) >= 11 is 0. The van der Waals surface area contributed by atoms with Gasteiger partial charge in [-0.05, 0) is 33.5 Å². The summed E-state index contributed by atoms with van der Waals surface area (Å²) in [6.07, 6.45) is 4.33. The molecule has 0 aromatic heterocycles. The normalized spacial score (nSPS) is 8.50. The van der Waals surface area contributed by atoms with Crippen molar-refractivity contribution in [3.8, 4) is 0 Å². The van der Waals surface area contributed by atoms with Crippen LogP contribution in [0.3, 0.4) is 0 Å². The van der Waals surface area contributed by atoms with Crippen LogP contribution < -0.4 is 0 Å². The van der Waals surface area contributed by atoms with Gasteiger partial charge in [-0.1, -0.05) is 19.9 Å².